The first-order chi connectivity index (χ1) is 6.59. The Labute approximate surface area is 88.8 Å². The van der Waals surface area contributed by atoms with E-state index in [1.165, 1.54) is 0 Å². The molecular weight excluding hydrogens is 200 g/mol. The van der Waals surface area contributed by atoms with Crippen LogP contribution in [0.3, 0.4) is 0 Å². The van der Waals surface area contributed by atoms with E-state index in [-0.39, 0.29) is 0 Å². The van der Waals surface area contributed by atoms with Crippen LogP contribution in [0.4, 0.5) is 0 Å². The molecule has 0 spiro atoms. The van der Waals surface area contributed by atoms with Crippen LogP contribution in [0.15, 0.2) is 35.9 Å². The molecule has 0 aromatic heterocycles. The van der Waals surface area contributed by atoms with E-state index in [1.54, 1.807) is 19.1 Å². The monoisotopic (exact) mass is 212 g/mol. The maximum Gasteiger partial charge on any atom is 0.123 e. The highest BCUT2D eigenvalue weighted by molar-refractivity contribution is 6.29. The summed E-state index contributed by atoms with van der Waals surface area (Å²) >= 11 is 5.55. The smallest absolute Gasteiger partial charge is 0.123 e. The summed E-state index contributed by atoms with van der Waals surface area (Å²) in [6, 6.07) is 7.22. The van der Waals surface area contributed by atoms with Crippen molar-refractivity contribution in [3.8, 4) is 5.75 Å². The van der Waals surface area contributed by atoms with Crippen molar-refractivity contribution < 1.29 is 9.84 Å². The van der Waals surface area contributed by atoms with Crippen LogP contribution >= 0.6 is 11.6 Å². The van der Waals surface area contributed by atoms with Crippen LogP contribution in [-0.2, 0) is 0 Å². The van der Waals surface area contributed by atoms with Gasteiger partial charge in [-0.05, 0) is 24.6 Å². The molecule has 1 atom stereocenters. The summed E-state index contributed by atoms with van der Waals surface area (Å²) in [5, 5.41) is 9.72. The first-order valence-electron chi connectivity index (χ1n) is 4.33. The van der Waals surface area contributed by atoms with E-state index in [2.05, 4.69) is 6.58 Å². The minimum atomic E-state index is -0.452. The van der Waals surface area contributed by atoms with E-state index in [1.807, 2.05) is 12.1 Å². The number of aliphatic hydroxyl groups is 1. The number of benzene rings is 1. The van der Waals surface area contributed by atoms with E-state index < -0.39 is 6.10 Å². The molecule has 14 heavy (non-hydrogen) atoms. The van der Waals surface area contributed by atoms with Crippen LogP contribution in [-0.4, -0.2) is 11.7 Å². The van der Waals surface area contributed by atoms with Gasteiger partial charge in [0.15, 0.2) is 0 Å². The molecule has 1 rings (SSSR count). The molecular formula is C11H13ClO2. The maximum atomic E-state index is 9.26. The lowest BCUT2D eigenvalue weighted by atomic mass is 10.1. The molecule has 0 fully saturated rings. The molecule has 0 unspecified atom stereocenters. The largest absolute Gasteiger partial charge is 0.488 e. The second-order valence-electron chi connectivity index (χ2n) is 3.05. The first-order valence-corrected chi connectivity index (χ1v) is 4.71. The molecule has 0 aliphatic rings. The average Bonchev–Trinajstić information content (AvgIpc) is 2.15. The summed E-state index contributed by atoms with van der Waals surface area (Å²) in [7, 11) is 0. The third-order valence-corrected chi connectivity index (χ3v) is 1.87. The van der Waals surface area contributed by atoms with Crippen LogP contribution < -0.4 is 4.74 Å². The van der Waals surface area contributed by atoms with Crippen molar-refractivity contribution in [2.45, 2.75) is 13.0 Å². The van der Waals surface area contributed by atoms with Gasteiger partial charge in [0.2, 0.25) is 0 Å². The number of ether oxygens (including phenoxy) is 1. The Balaban J connectivity index is 2.59. The lowest BCUT2D eigenvalue weighted by molar-refractivity contribution is 0.199. The van der Waals surface area contributed by atoms with E-state index >= 15 is 0 Å². The van der Waals surface area contributed by atoms with Crippen molar-refractivity contribution in [2.75, 3.05) is 6.61 Å². The highest BCUT2D eigenvalue weighted by Crippen LogP contribution is 2.17. The number of aliphatic hydroxyl groups excluding tert-OH is 1. The summed E-state index contributed by atoms with van der Waals surface area (Å²) in [5.74, 6) is 0.719. The molecule has 1 aromatic carbocycles. The number of rotatable bonds is 4. The molecule has 1 aromatic rings. The molecule has 0 radical (unpaired) electrons. The molecule has 76 valence electrons. The Morgan fingerprint density at radius 1 is 1.50 bits per heavy atom. The minimum Gasteiger partial charge on any atom is -0.488 e. The van der Waals surface area contributed by atoms with Gasteiger partial charge in [-0.25, -0.2) is 0 Å². The van der Waals surface area contributed by atoms with Gasteiger partial charge >= 0.3 is 0 Å². The second-order valence-corrected chi connectivity index (χ2v) is 3.59. The zero-order valence-corrected chi connectivity index (χ0v) is 8.79. The predicted molar refractivity (Wildman–Crippen MR) is 57.6 cm³/mol. The summed E-state index contributed by atoms with van der Waals surface area (Å²) < 4.78 is 5.29. The van der Waals surface area contributed by atoms with Crippen molar-refractivity contribution in [2.24, 2.45) is 0 Å². The van der Waals surface area contributed by atoms with E-state index in [0.29, 0.717) is 11.6 Å². The van der Waals surface area contributed by atoms with Crippen molar-refractivity contribution in [1.82, 2.24) is 0 Å². The van der Waals surface area contributed by atoms with Crippen molar-refractivity contribution in [3.05, 3.63) is 41.4 Å². The molecule has 3 heteroatoms. The standard InChI is InChI=1S/C11H13ClO2/c1-8(12)7-14-11-5-3-10(4-6-11)9(2)13/h3-6,9,13H,1,7H2,2H3/t9-/m0/s1. The lowest BCUT2D eigenvalue weighted by Crippen LogP contribution is -1.97. The van der Waals surface area contributed by atoms with Gasteiger partial charge in [0.05, 0.1) is 6.10 Å². The summed E-state index contributed by atoms with van der Waals surface area (Å²) in [4.78, 5) is 0. The summed E-state index contributed by atoms with van der Waals surface area (Å²) in [5.41, 5.74) is 0.863. The molecule has 1 N–H and O–H groups in total. The topological polar surface area (TPSA) is 29.5 Å². The van der Waals surface area contributed by atoms with Crippen molar-refractivity contribution in [1.29, 1.82) is 0 Å². The number of hydrogen-bond acceptors (Lipinski definition) is 2. The van der Waals surface area contributed by atoms with Crippen LogP contribution in [0.1, 0.15) is 18.6 Å². The van der Waals surface area contributed by atoms with Crippen molar-refractivity contribution >= 4 is 11.6 Å². The zero-order valence-electron chi connectivity index (χ0n) is 8.03. The maximum absolute atomic E-state index is 9.26. The van der Waals surface area contributed by atoms with E-state index in [9.17, 15) is 5.11 Å². The molecule has 0 amide bonds. The Morgan fingerprint density at radius 2 is 2.07 bits per heavy atom. The van der Waals surface area contributed by atoms with Gasteiger partial charge in [-0.15, -0.1) is 0 Å². The van der Waals surface area contributed by atoms with Crippen molar-refractivity contribution in [3.63, 3.8) is 0 Å². The second kappa shape index (κ2) is 5.03. The SMILES string of the molecule is C=C(Cl)COc1ccc([C@H](C)O)cc1. The third kappa shape index (κ3) is 3.40. The zero-order chi connectivity index (χ0) is 10.6. The highest BCUT2D eigenvalue weighted by atomic mass is 35.5. The Morgan fingerprint density at radius 3 is 2.50 bits per heavy atom. The minimum absolute atomic E-state index is 0.301. The molecule has 2 nitrogen and oxygen atoms in total. The Hall–Kier alpha value is -0.990. The van der Waals surface area contributed by atoms with Gasteiger partial charge in [0, 0.05) is 5.03 Å². The molecule has 0 aliphatic heterocycles. The van der Waals surface area contributed by atoms with Crippen LogP contribution in [0.25, 0.3) is 0 Å². The summed E-state index contributed by atoms with van der Waals surface area (Å²) in [6.45, 7) is 5.54. The van der Waals surface area contributed by atoms with Gasteiger partial charge < -0.3 is 9.84 Å². The van der Waals surface area contributed by atoms with Gasteiger partial charge in [0.1, 0.15) is 12.4 Å². The van der Waals surface area contributed by atoms with Gasteiger partial charge in [-0.1, -0.05) is 30.3 Å². The quantitative estimate of drug-likeness (QED) is 0.832. The Kier molecular flexibility index (Phi) is 3.98. The highest BCUT2D eigenvalue weighted by Gasteiger charge is 2.00. The number of hydrogen-bond donors (Lipinski definition) is 1. The Bertz CT molecular complexity index is 304. The molecule has 0 saturated heterocycles. The average molecular weight is 213 g/mol. The molecule has 0 bridgehead atoms. The molecule has 0 heterocycles. The first kappa shape index (κ1) is 11.1. The molecule has 0 saturated carbocycles. The van der Waals surface area contributed by atoms with Crippen LogP contribution in [0, 0.1) is 0 Å². The predicted octanol–water partition coefficient (Wildman–Crippen LogP) is 2.87. The van der Waals surface area contributed by atoms with Gasteiger partial charge in [-0.2, -0.15) is 0 Å². The van der Waals surface area contributed by atoms with Gasteiger partial charge in [-0.3, -0.25) is 0 Å². The van der Waals surface area contributed by atoms with E-state index in [4.69, 9.17) is 16.3 Å². The van der Waals surface area contributed by atoms with E-state index in [0.717, 1.165) is 11.3 Å². The summed E-state index contributed by atoms with van der Waals surface area (Å²) in [6.07, 6.45) is -0.452. The fourth-order valence-electron chi connectivity index (χ4n) is 1.00. The normalized spacial score (nSPS) is 12.2. The fraction of sp³-hybridized carbons (Fsp3) is 0.273. The van der Waals surface area contributed by atoms with Gasteiger partial charge in [0.25, 0.3) is 0 Å². The lowest BCUT2D eigenvalue weighted by Gasteiger charge is -2.07. The van der Waals surface area contributed by atoms with Crippen LogP contribution in [0.2, 0.25) is 0 Å². The van der Waals surface area contributed by atoms with Crippen LogP contribution in [0.5, 0.6) is 5.75 Å². The molecule has 0 aliphatic carbocycles. The fourth-order valence-corrected chi connectivity index (χ4v) is 1.06. The number of halogens is 1. The third-order valence-electron chi connectivity index (χ3n) is 1.76.